The van der Waals surface area contributed by atoms with Crippen LogP contribution in [0.25, 0.3) is 0 Å². The Bertz CT molecular complexity index is 666. The van der Waals surface area contributed by atoms with Gasteiger partial charge in [0.15, 0.2) is 0 Å². The normalized spacial score (nSPS) is 20.9. The van der Waals surface area contributed by atoms with E-state index in [1.165, 1.54) is 29.5 Å². The summed E-state index contributed by atoms with van der Waals surface area (Å²) in [6.45, 7) is 3.40. The maximum atomic E-state index is 13.4. The zero-order valence-corrected chi connectivity index (χ0v) is 16.9. The van der Waals surface area contributed by atoms with Gasteiger partial charge in [0.1, 0.15) is 6.17 Å². The lowest BCUT2D eigenvalue weighted by Gasteiger charge is -2.27. The van der Waals surface area contributed by atoms with Crippen molar-refractivity contribution in [2.45, 2.75) is 70.0 Å². The highest BCUT2D eigenvalue weighted by molar-refractivity contribution is 5.26. The Balaban J connectivity index is 1.46. The maximum Gasteiger partial charge on any atom is 0.101 e. The average molecular weight is 368 g/mol. The van der Waals surface area contributed by atoms with E-state index in [-0.39, 0.29) is 0 Å². The highest BCUT2D eigenvalue weighted by Gasteiger charge is 2.25. The molecule has 0 bridgehead atoms. The summed E-state index contributed by atoms with van der Waals surface area (Å²) in [4.78, 5) is 2.52. The Morgan fingerprint density at radius 2 is 1.67 bits per heavy atom. The molecule has 2 aromatic rings. The molecule has 0 radical (unpaired) electrons. The number of hydrogen-bond acceptors (Lipinski definition) is 1. The predicted molar refractivity (Wildman–Crippen MR) is 113 cm³/mol. The summed E-state index contributed by atoms with van der Waals surface area (Å²) in [6.07, 6.45) is 6.46. The Morgan fingerprint density at radius 3 is 2.30 bits per heavy atom. The van der Waals surface area contributed by atoms with Crippen LogP contribution in [0.15, 0.2) is 54.6 Å². The zero-order chi connectivity index (χ0) is 19.1. The zero-order valence-electron chi connectivity index (χ0n) is 16.9. The van der Waals surface area contributed by atoms with E-state index in [4.69, 9.17) is 0 Å². The summed E-state index contributed by atoms with van der Waals surface area (Å²) >= 11 is 0. The van der Waals surface area contributed by atoms with Crippen LogP contribution < -0.4 is 0 Å². The van der Waals surface area contributed by atoms with Crippen molar-refractivity contribution in [3.8, 4) is 0 Å². The summed E-state index contributed by atoms with van der Waals surface area (Å²) in [5.41, 5.74) is 4.14. The summed E-state index contributed by atoms with van der Waals surface area (Å²) < 4.78 is 13.4. The standard InChI is InChI=1S/C25H34FN/c1-3-25(27(2)18-17-20-7-5-4-6-8-20)16-11-21-9-12-22(13-10-21)23-14-15-24(26)19-23/h4-10,12-13,23-25H,3,11,14-19H2,1-2H3. The molecule has 27 heavy (non-hydrogen) atoms. The van der Waals surface area contributed by atoms with Crippen molar-refractivity contribution in [2.24, 2.45) is 0 Å². The first-order chi connectivity index (χ1) is 13.2. The van der Waals surface area contributed by atoms with Gasteiger partial charge in [-0.15, -0.1) is 0 Å². The molecule has 0 N–H and O–H groups in total. The van der Waals surface area contributed by atoms with Crippen molar-refractivity contribution < 1.29 is 4.39 Å². The molecule has 1 fully saturated rings. The molecule has 3 rings (SSSR count). The second-order valence-electron chi connectivity index (χ2n) is 8.17. The number of likely N-dealkylation sites (N-methyl/N-ethyl adjacent to an activating group) is 1. The van der Waals surface area contributed by atoms with Crippen LogP contribution in [0, 0.1) is 0 Å². The van der Waals surface area contributed by atoms with Gasteiger partial charge in [0.2, 0.25) is 0 Å². The fraction of sp³-hybridized carbons (Fsp3) is 0.520. The summed E-state index contributed by atoms with van der Waals surface area (Å²) in [7, 11) is 2.26. The summed E-state index contributed by atoms with van der Waals surface area (Å²) in [5, 5.41) is 0. The second kappa shape index (κ2) is 10.0. The lowest BCUT2D eigenvalue weighted by molar-refractivity contribution is 0.227. The molecule has 0 aromatic heterocycles. The van der Waals surface area contributed by atoms with Crippen LogP contribution in [-0.4, -0.2) is 30.7 Å². The fourth-order valence-corrected chi connectivity index (χ4v) is 4.39. The molecular formula is C25H34FN. The molecule has 2 aromatic carbocycles. The molecule has 0 amide bonds. The maximum absolute atomic E-state index is 13.4. The molecule has 1 saturated carbocycles. The van der Waals surface area contributed by atoms with Crippen molar-refractivity contribution in [1.29, 1.82) is 0 Å². The molecule has 0 saturated heterocycles. The van der Waals surface area contributed by atoms with Crippen LogP contribution in [0.5, 0.6) is 0 Å². The van der Waals surface area contributed by atoms with E-state index in [9.17, 15) is 4.39 Å². The largest absolute Gasteiger partial charge is 0.303 e. The number of aryl methyl sites for hydroxylation is 1. The Labute approximate surface area is 164 Å². The highest BCUT2D eigenvalue weighted by Crippen LogP contribution is 2.36. The van der Waals surface area contributed by atoms with Crippen molar-refractivity contribution >= 4 is 0 Å². The van der Waals surface area contributed by atoms with Gasteiger partial charge in [-0.25, -0.2) is 4.39 Å². The topological polar surface area (TPSA) is 3.24 Å². The van der Waals surface area contributed by atoms with Crippen LogP contribution in [0.4, 0.5) is 4.39 Å². The lowest BCUT2D eigenvalue weighted by atomic mass is 9.95. The SMILES string of the molecule is CCC(CCc1ccc(C2CCC(F)C2)cc1)N(C)CCc1ccccc1. The van der Waals surface area contributed by atoms with Crippen LogP contribution >= 0.6 is 0 Å². The first kappa shape index (κ1) is 20.1. The lowest BCUT2D eigenvalue weighted by Crippen LogP contribution is -2.33. The Kier molecular flexibility index (Phi) is 7.46. The van der Waals surface area contributed by atoms with Crippen molar-refractivity contribution in [1.82, 2.24) is 4.90 Å². The van der Waals surface area contributed by atoms with Gasteiger partial charge >= 0.3 is 0 Å². The minimum atomic E-state index is -0.591. The first-order valence-electron chi connectivity index (χ1n) is 10.6. The summed E-state index contributed by atoms with van der Waals surface area (Å²) in [5.74, 6) is 0.432. The van der Waals surface area contributed by atoms with Gasteiger partial charge in [0, 0.05) is 12.6 Å². The van der Waals surface area contributed by atoms with Gasteiger partial charge in [-0.05, 0) is 74.6 Å². The molecule has 0 heterocycles. The van der Waals surface area contributed by atoms with E-state index in [1.54, 1.807) is 0 Å². The first-order valence-corrected chi connectivity index (χ1v) is 10.6. The number of halogens is 1. The van der Waals surface area contributed by atoms with E-state index in [2.05, 4.69) is 73.5 Å². The van der Waals surface area contributed by atoms with Crippen LogP contribution in [0.1, 0.15) is 61.6 Å². The highest BCUT2D eigenvalue weighted by atomic mass is 19.1. The van der Waals surface area contributed by atoms with Crippen molar-refractivity contribution in [3.05, 3.63) is 71.3 Å². The number of nitrogens with zero attached hydrogens (tertiary/aromatic N) is 1. The quantitative estimate of drug-likeness (QED) is 0.512. The third-order valence-electron chi connectivity index (χ3n) is 6.28. The van der Waals surface area contributed by atoms with Crippen molar-refractivity contribution in [3.63, 3.8) is 0 Å². The van der Waals surface area contributed by atoms with Gasteiger partial charge in [0.25, 0.3) is 0 Å². The van der Waals surface area contributed by atoms with Crippen LogP contribution in [0.2, 0.25) is 0 Å². The van der Waals surface area contributed by atoms with Crippen molar-refractivity contribution in [2.75, 3.05) is 13.6 Å². The Hall–Kier alpha value is -1.67. The fourth-order valence-electron chi connectivity index (χ4n) is 4.39. The summed E-state index contributed by atoms with van der Waals surface area (Å²) in [6, 6.07) is 20.4. The van der Waals surface area contributed by atoms with E-state index in [1.807, 2.05) is 0 Å². The average Bonchev–Trinajstić information content (AvgIpc) is 3.14. The molecule has 0 spiro atoms. The van der Waals surface area contributed by atoms with E-state index < -0.39 is 6.17 Å². The predicted octanol–water partition coefficient (Wildman–Crippen LogP) is 6.18. The molecule has 0 aliphatic heterocycles. The molecule has 3 unspecified atom stereocenters. The monoisotopic (exact) mass is 367 g/mol. The minimum absolute atomic E-state index is 0.432. The molecule has 2 heteroatoms. The smallest absolute Gasteiger partial charge is 0.101 e. The van der Waals surface area contributed by atoms with Crippen LogP contribution in [-0.2, 0) is 12.8 Å². The molecule has 1 aliphatic rings. The second-order valence-corrected chi connectivity index (χ2v) is 8.17. The van der Waals surface area contributed by atoms with Gasteiger partial charge in [-0.3, -0.25) is 0 Å². The molecule has 146 valence electrons. The van der Waals surface area contributed by atoms with E-state index in [0.29, 0.717) is 18.4 Å². The number of rotatable bonds is 9. The Morgan fingerprint density at radius 1 is 0.963 bits per heavy atom. The molecule has 1 nitrogen and oxygen atoms in total. The molecule has 3 atom stereocenters. The number of benzene rings is 2. The van der Waals surface area contributed by atoms with E-state index in [0.717, 1.165) is 32.2 Å². The van der Waals surface area contributed by atoms with Gasteiger partial charge in [0.05, 0.1) is 0 Å². The molecule has 1 aliphatic carbocycles. The third kappa shape index (κ3) is 5.90. The number of alkyl halides is 1. The van der Waals surface area contributed by atoms with Gasteiger partial charge in [-0.2, -0.15) is 0 Å². The van der Waals surface area contributed by atoms with Crippen LogP contribution in [0.3, 0.4) is 0 Å². The number of hydrogen-bond donors (Lipinski definition) is 0. The van der Waals surface area contributed by atoms with E-state index >= 15 is 0 Å². The van der Waals surface area contributed by atoms with Gasteiger partial charge in [-0.1, -0.05) is 61.5 Å². The molecular weight excluding hydrogens is 333 g/mol. The minimum Gasteiger partial charge on any atom is -0.303 e. The van der Waals surface area contributed by atoms with Gasteiger partial charge < -0.3 is 4.90 Å². The third-order valence-corrected chi connectivity index (χ3v) is 6.28.